The summed E-state index contributed by atoms with van der Waals surface area (Å²) in [5, 5.41) is 0. The molecule has 1 amide bonds. The summed E-state index contributed by atoms with van der Waals surface area (Å²) in [6, 6.07) is 9.17. The molecule has 118 valence electrons. The van der Waals surface area contributed by atoms with E-state index in [9.17, 15) is 9.59 Å². The molecule has 1 aromatic carbocycles. The predicted molar refractivity (Wildman–Crippen MR) is 89.3 cm³/mol. The highest BCUT2D eigenvalue weighted by Crippen LogP contribution is 2.22. The summed E-state index contributed by atoms with van der Waals surface area (Å²) < 4.78 is 5.24. The number of hydrogen-bond acceptors (Lipinski definition) is 4. The Labute approximate surface area is 135 Å². The van der Waals surface area contributed by atoms with Gasteiger partial charge in [-0.25, -0.2) is 4.79 Å². The lowest BCUT2D eigenvalue weighted by Gasteiger charge is -2.20. The first-order valence-corrected chi connectivity index (χ1v) is 8.66. The van der Waals surface area contributed by atoms with E-state index in [1.807, 2.05) is 37.3 Å². The number of hydrogen-bond donors (Lipinski definition) is 0. The van der Waals surface area contributed by atoms with Crippen molar-refractivity contribution in [3.05, 3.63) is 42.0 Å². The lowest BCUT2D eigenvalue weighted by atomic mass is 10.2. The molecule has 4 nitrogen and oxygen atoms in total. The fourth-order valence-corrected chi connectivity index (χ4v) is 3.24. The maximum absolute atomic E-state index is 12.3. The second-order valence-corrected chi connectivity index (χ2v) is 6.09. The van der Waals surface area contributed by atoms with Crippen molar-refractivity contribution in [2.45, 2.75) is 25.8 Å². The number of esters is 1. The summed E-state index contributed by atoms with van der Waals surface area (Å²) in [5.41, 5.74) is 0.963. The zero-order valence-corrected chi connectivity index (χ0v) is 13.6. The van der Waals surface area contributed by atoms with Crippen LogP contribution in [0.15, 0.2) is 36.4 Å². The number of nitrogens with zero attached hydrogens (tertiary/aromatic N) is 1. The van der Waals surface area contributed by atoms with E-state index in [4.69, 9.17) is 4.74 Å². The van der Waals surface area contributed by atoms with E-state index >= 15 is 0 Å². The van der Waals surface area contributed by atoms with Crippen molar-refractivity contribution in [3.8, 4) is 0 Å². The van der Waals surface area contributed by atoms with Gasteiger partial charge in [0.15, 0.2) is 0 Å². The van der Waals surface area contributed by atoms with E-state index in [2.05, 4.69) is 0 Å². The Kier molecular flexibility index (Phi) is 6.52. The number of carbonyl (C=O) groups is 2. The molecule has 1 aliphatic rings. The lowest BCUT2D eigenvalue weighted by Crippen LogP contribution is -2.42. The van der Waals surface area contributed by atoms with Crippen molar-refractivity contribution in [2.75, 3.05) is 18.2 Å². The summed E-state index contributed by atoms with van der Waals surface area (Å²) in [5.74, 6) is 0.702. The highest BCUT2D eigenvalue weighted by molar-refractivity contribution is 7.99. The Morgan fingerprint density at radius 1 is 1.36 bits per heavy atom. The number of rotatable bonds is 6. The van der Waals surface area contributed by atoms with E-state index < -0.39 is 6.04 Å². The van der Waals surface area contributed by atoms with Crippen molar-refractivity contribution in [1.82, 2.24) is 4.90 Å². The number of carbonyl (C=O) groups excluding carboxylic acids is 2. The minimum atomic E-state index is -0.463. The molecule has 0 aromatic heterocycles. The van der Waals surface area contributed by atoms with Gasteiger partial charge in [-0.1, -0.05) is 43.7 Å². The molecule has 1 fully saturated rings. The molecule has 1 atom stereocenters. The van der Waals surface area contributed by atoms with E-state index in [0.717, 1.165) is 18.4 Å². The van der Waals surface area contributed by atoms with Crippen molar-refractivity contribution >= 4 is 29.7 Å². The smallest absolute Gasteiger partial charge is 0.329 e. The van der Waals surface area contributed by atoms with Crippen LogP contribution in [0, 0.1) is 0 Å². The van der Waals surface area contributed by atoms with E-state index in [1.54, 1.807) is 22.7 Å². The minimum absolute atomic E-state index is 0.147. The molecule has 1 heterocycles. The van der Waals surface area contributed by atoms with Gasteiger partial charge in [0.05, 0.1) is 12.5 Å². The molecule has 1 aromatic rings. The van der Waals surface area contributed by atoms with Crippen molar-refractivity contribution in [2.24, 2.45) is 0 Å². The summed E-state index contributed by atoms with van der Waals surface area (Å²) in [6.07, 6.45) is 5.13. The number of ether oxygens (including phenoxy) is 1. The lowest BCUT2D eigenvalue weighted by molar-refractivity contribution is -0.151. The van der Waals surface area contributed by atoms with Crippen molar-refractivity contribution < 1.29 is 14.3 Å². The second kappa shape index (κ2) is 8.63. The van der Waals surface area contributed by atoms with E-state index in [-0.39, 0.29) is 11.9 Å². The summed E-state index contributed by atoms with van der Waals surface area (Å²) in [4.78, 5) is 25.9. The Hall–Kier alpha value is -1.75. The fourth-order valence-electron chi connectivity index (χ4n) is 2.10. The minimum Gasteiger partial charge on any atom is -0.464 e. The molecule has 0 saturated carbocycles. The number of amides is 1. The van der Waals surface area contributed by atoms with Gasteiger partial charge in [-0.05, 0) is 18.1 Å². The zero-order chi connectivity index (χ0) is 15.8. The molecule has 0 bridgehead atoms. The van der Waals surface area contributed by atoms with Gasteiger partial charge in [0.2, 0.25) is 5.91 Å². The van der Waals surface area contributed by atoms with Gasteiger partial charge < -0.3 is 9.64 Å². The van der Waals surface area contributed by atoms with Crippen LogP contribution in [0.3, 0.4) is 0 Å². The van der Waals surface area contributed by atoms with E-state index in [1.165, 1.54) is 6.08 Å². The Morgan fingerprint density at radius 3 is 2.86 bits per heavy atom. The van der Waals surface area contributed by atoms with Crippen LogP contribution < -0.4 is 0 Å². The van der Waals surface area contributed by atoms with Crippen molar-refractivity contribution in [1.29, 1.82) is 0 Å². The quantitative estimate of drug-likeness (QED) is 0.459. The molecule has 1 unspecified atom stereocenters. The molecule has 0 N–H and O–H groups in total. The maximum atomic E-state index is 12.3. The summed E-state index contributed by atoms with van der Waals surface area (Å²) in [6.45, 7) is 2.47. The van der Waals surface area contributed by atoms with Crippen LogP contribution >= 0.6 is 11.8 Å². The molecule has 1 aliphatic heterocycles. The first-order valence-electron chi connectivity index (χ1n) is 7.50. The predicted octanol–water partition coefficient (Wildman–Crippen LogP) is 2.94. The molecule has 0 spiro atoms. The highest BCUT2D eigenvalue weighted by Gasteiger charge is 2.34. The Morgan fingerprint density at radius 2 is 2.14 bits per heavy atom. The number of unbranched alkanes of at least 4 members (excludes halogenated alkanes) is 1. The van der Waals surface area contributed by atoms with E-state index in [0.29, 0.717) is 18.2 Å². The standard InChI is InChI=1S/C17H21NO3S/c1-2-3-11-21-17(20)15-12-22-13-18(15)16(19)10-9-14-7-5-4-6-8-14/h4-10,15H,2-3,11-13H2,1H3. The fraction of sp³-hybridized carbons (Fsp3) is 0.412. The van der Waals surface area contributed by atoms with Crippen LogP contribution in [0.1, 0.15) is 25.3 Å². The van der Waals surface area contributed by atoms with Gasteiger partial charge in [-0.2, -0.15) is 0 Å². The molecular weight excluding hydrogens is 298 g/mol. The summed E-state index contributed by atoms with van der Waals surface area (Å²) in [7, 11) is 0. The largest absolute Gasteiger partial charge is 0.464 e. The monoisotopic (exact) mass is 319 g/mol. The van der Waals surface area contributed by atoms with Gasteiger partial charge in [-0.15, -0.1) is 11.8 Å². The molecule has 1 saturated heterocycles. The van der Waals surface area contributed by atoms with Crippen molar-refractivity contribution in [3.63, 3.8) is 0 Å². The Bertz CT molecular complexity index is 530. The van der Waals surface area contributed by atoms with Crippen LogP contribution in [-0.2, 0) is 14.3 Å². The van der Waals surface area contributed by atoms with Gasteiger partial charge in [0.1, 0.15) is 6.04 Å². The SMILES string of the molecule is CCCCOC(=O)C1CSCN1C(=O)C=Cc1ccccc1. The zero-order valence-electron chi connectivity index (χ0n) is 12.7. The van der Waals surface area contributed by atoms with Gasteiger partial charge in [-0.3, -0.25) is 4.79 Å². The van der Waals surface area contributed by atoms with Crippen LogP contribution in [-0.4, -0.2) is 41.1 Å². The summed E-state index contributed by atoms with van der Waals surface area (Å²) >= 11 is 1.58. The van der Waals surface area contributed by atoms with Gasteiger partial charge >= 0.3 is 5.97 Å². The molecule has 5 heteroatoms. The first kappa shape index (κ1) is 16.6. The third-order valence-electron chi connectivity index (χ3n) is 3.40. The molecule has 22 heavy (non-hydrogen) atoms. The van der Waals surface area contributed by atoms with Gasteiger partial charge in [0, 0.05) is 11.8 Å². The highest BCUT2D eigenvalue weighted by atomic mass is 32.2. The second-order valence-electron chi connectivity index (χ2n) is 5.09. The topological polar surface area (TPSA) is 46.6 Å². The molecule has 2 rings (SSSR count). The molecule has 0 radical (unpaired) electrons. The average molecular weight is 319 g/mol. The van der Waals surface area contributed by atoms with Crippen LogP contribution in [0.5, 0.6) is 0 Å². The number of thioether (sulfide) groups is 1. The molecule has 0 aliphatic carbocycles. The maximum Gasteiger partial charge on any atom is 0.329 e. The molecular formula is C17H21NO3S. The average Bonchev–Trinajstić information content (AvgIpc) is 3.03. The normalized spacial score (nSPS) is 17.9. The number of benzene rings is 1. The third-order valence-corrected chi connectivity index (χ3v) is 4.41. The van der Waals surface area contributed by atoms with Gasteiger partial charge in [0.25, 0.3) is 0 Å². The Balaban J connectivity index is 1.93. The first-order chi connectivity index (χ1) is 10.7. The van der Waals surface area contributed by atoms with Crippen LogP contribution in [0.2, 0.25) is 0 Å². The third kappa shape index (κ3) is 4.63. The van der Waals surface area contributed by atoms with Crippen LogP contribution in [0.25, 0.3) is 6.08 Å². The van der Waals surface area contributed by atoms with Crippen LogP contribution in [0.4, 0.5) is 0 Å².